The fourth-order valence-corrected chi connectivity index (χ4v) is 3.79. The number of nitrogens with zero attached hydrogens (tertiary/aromatic N) is 1. The lowest BCUT2D eigenvalue weighted by atomic mass is 10.0. The molecule has 1 fully saturated rings. The van der Waals surface area contributed by atoms with E-state index in [4.69, 9.17) is 10.6 Å². The molecule has 2 atom stereocenters. The summed E-state index contributed by atoms with van der Waals surface area (Å²) in [6, 6.07) is 8.49. The molecular weight excluding hydrogens is 270 g/mol. The van der Waals surface area contributed by atoms with E-state index in [2.05, 4.69) is 28.6 Å². The van der Waals surface area contributed by atoms with Crippen molar-refractivity contribution >= 4 is 21.6 Å². The van der Waals surface area contributed by atoms with Crippen LogP contribution in [0.4, 0.5) is 0 Å². The topological polar surface area (TPSA) is 60.2 Å². The number of hydrazine groups is 1. The number of ether oxygens (including phenoxy) is 1. The SMILES string of the molecule is NNC(Cc1nc2ccccc2s1)CC1CCCCO1. The number of fused-ring (bicyclic) bond motifs is 1. The number of aromatic nitrogens is 1. The van der Waals surface area contributed by atoms with Crippen LogP contribution < -0.4 is 11.3 Å². The second-order valence-corrected chi connectivity index (χ2v) is 6.48. The van der Waals surface area contributed by atoms with Crippen LogP contribution in [-0.4, -0.2) is 23.7 Å². The van der Waals surface area contributed by atoms with Crippen molar-refractivity contribution in [3.8, 4) is 0 Å². The zero-order valence-electron chi connectivity index (χ0n) is 11.5. The molecule has 0 amide bonds. The number of nitrogens with one attached hydrogen (secondary N) is 1. The zero-order chi connectivity index (χ0) is 13.8. The second kappa shape index (κ2) is 6.63. The molecule has 108 valence electrons. The predicted molar refractivity (Wildman–Crippen MR) is 82.6 cm³/mol. The second-order valence-electron chi connectivity index (χ2n) is 5.37. The summed E-state index contributed by atoms with van der Waals surface area (Å²) in [5.41, 5.74) is 4.01. The lowest BCUT2D eigenvalue weighted by Crippen LogP contribution is -2.40. The van der Waals surface area contributed by atoms with E-state index in [0.29, 0.717) is 6.10 Å². The van der Waals surface area contributed by atoms with E-state index in [0.717, 1.165) is 36.4 Å². The molecule has 2 heterocycles. The summed E-state index contributed by atoms with van der Waals surface area (Å²) in [5, 5.41) is 1.14. The van der Waals surface area contributed by atoms with E-state index >= 15 is 0 Å². The Morgan fingerprint density at radius 2 is 2.30 bits per heavy atom. The van der Waals surface area contributed by atoms with Gasteiger partial charge in [0.15, 0.2) is 0 Å². The van der Waals surface area contributed by atoms with Crippen molar-refractivity contribution < 1.29 is 4.74 Å². The fourth-order valence-electron chi connectivity index (χ4n) is 2.74. The minimum Gasteiger partial charge on any atom is -0.378 e. The van der Waals surface area contributed by atoms with Crippen LogP contribution in [0.1, 0.15) is 30.7 Å². The highest BCUT2D eigenvalue weighted by atomic mass is 32.1. The maximum atomic E-state index is 5.79. The third-order valence-electron chi connectivity index (χ3n) is 3.82. The molecule has 5 heteroatoms. The molecule has 1 aliphatic rings. The minimum absolute atomic E-state index is 0.235. The maximum absolute atomic E-state index is 5.79. The number of thiazole rings is 1. The Morgan fingerprint density at radius 3 is 3.05 bits per heavy atom. The van der Waals surface area contributed by atoms with Crippen molar-refractivity contribution in [2.75, 3.05) is 6.61 Å². The standard InChI is InChI=1S/C15H21N3OS/c16-18-11(9-12-5-3-4-8-19-12)10-15-17-13-6-1-2-7-14(13)20-15/h1-2,6-7,11-12,18H,3-5,8-10,16H2. The number of benzene rings is 1. The first-order chi connectivity index (χ1) is 9.85. The van der Waals surface area contributed by atoms with Crippen LogP contribution in [0.25, 0.3) is 10.2 Å². The molecule has 2 unspecified atom stereocenters. The van der Waals surface area contributed by atoms with Crippen LogP contribution in [0.2, 0.25) is 0 Å². The minimum atomic E-state index is 0.235. The van der Waals surface area contributed by atoms with Gasteiger partial charge in [0.1, 0.15) is 0 Å². The molecule has 20 heavy (non-hydrogen) atoms. The van der Waals surface area contributed by atoms with Crippen LogP contribution in [0.15, 0.2) is 24.3 Å². The Hall–Kier alpha value is -1.01. The van der Waals surface area contributed by atoms with Crippen molar-refractivity contribution in [2.24, 2.45) is 5.84 Å². The lowest BCUT2D eigenvalue weighted by molar-refractivity contribution is 0.00524. The average Bonchev–Trinajstić information content (AvgIpc) is 2.90. The van der Waals surface area contributed by atoms with Crippen LogP contribution in [0, 0.1) is 0 Å². The van der Waals surface area contributed by atoms with Crippen molar-refractivity contribution in [1.82, 2.24) is 10.4 Å². The van der Waals surface area contributed by atoms with E-state index in [9.17, 15) is 0 Å². The average molecular weight is 291 g/mol. The molecule has 3 rings (SSSR count). The van der Waals surface area contributed by atoms with Crippen molar-refractivity contribution in [3.05, 3.63) is 29.3 Å². The summed E-state index contributed by atoms with van der Waals surface area (Å²) < 4.78 is 7.04. The van der Waals surface area contributed by atoms with E-state index in [-0.39, 0.29) is 6.04 Å². The smallest absolute Gasteiger partial charge is 0.0954 e. The Labute approximate surface area is 123 Å². The van der Waals surface area contributed by atoms with Gasteiger partial charge in [0.25, 0.3) is 0 Å². The van der Waals surface area contributed by atoms with Gasteiger partial charge >= 0.3 is 0 Å². The normalized spacial score (nSPS) is 21.1. The predicted octanol–water partition coefficient (Wildman–Crippen LogP) is 2.63. The Morgan fingerprint density at radius 1 is 1.40 bits per heavy atom. The van der Waals surface area contributed by atoms with Gasteiger partial charge in [-0.05, 0) is 37.8 Å². The lowest BCUT2D eigenvalue weighted by Gasteiger charge is -2.26. The fraction of sp³-hybridized carbons (Fsp3) is 0.533. The number of rotatable bonds is 5. The van der Waals surface area contributed by atoms with Gasteiger partial charge in [-0.1, -0.05) is 12.1 Å². The molecule has 0 bridgehead atoms. The summed E-state index contributed by atoms with van der Waals surface area (Å²) in [6.45, 7) is 0.892. The molecule has 0 aliphatic carbocycles. The van der Waals surface area contributed by atoms with E-state index in [1.807, 2.05) is 6.07 Å². The quantitative estimate of drug-likeness (QED) is 0.657. The van der Waals surface area contributed by atoms with Gasteiger partial charge in [0.05, 0.1) is 21.3 Å². The van der Waals surface area contributed by atoms with Gasteiger partial charge in [-0.2, -0.15) is 0 Å². The first kappa shape index (κ1) is 13.9. The first-order valence-corrected chi connectivity index (χ1v) is 8.09. The summed E-state index contributed by atoms with van der Waals surface area (Å²) in [5.74, 6) is 5.70. The van der Waals surface area contributed by atoms with E-state index < -0.39 is 0 Å². The third-order valence-corrected chi connectivity index (χ3v) is 4.88. The van der Waals surface area contributed by atoms with E-state index in [1.54, 1.807) is 11.3 Å². The molecular formula is C15H21N3OS. The molecule has 3 N–H and O–H groups in total. The summed E-state index contributed by atoms with van der Waals surface area (Å²) in [4.78, 5) is 4.68. The Kier molecular flexibility index (Phi) is 4.62. The monoisotopic (exact) mass is 291 g/mol. The van der Waals surface area contributed by atoms with Crippen molar-refractivity contribution in [2.45, 2.75) is 44.2 Å². The molecule has 2 aromatic rings. The van der Waals surface area contributed by atoms with Gasteiger partial charge < -0.3 is 4.74 Å². The number of nitrogens with two attached hydrogens (primary N) is 1. The van der Waals surface area contributed by atoms with Gasteiger partial charge in [-0.3, -0.25) is 11.3 Å². The molecule has 4 nitrogen and oxygen atoms in total. The van der Waals surface area contributed by atoms with Crippen molar-refractivity contribution in [1.29, 1.82) is 0 Å². The third kappa shape index (κ3) is 3.35. The molecule has 1 aliphatic heterocycles. The molecule has 1 saturated heterocycles. The van der Waals surface area contributed by atoms with Gasteiger partial charge in [-0.25, -0.2) is 4.98 Å². The highest BCUT2D eigenvalue weighted by molar-refractivity contribution is 7.18. The molecule has 1 aromatic heterocycles. The Balaban J connectivity index is 1.64. The van der Waals surface area contributed by atoms with E-state index in [1.165, 1.54) is 17.5 Å². The molecule has 0 radical (unpaired) electrons. The summed E-state index contributed by atoms with van der Waals surface area (Å²) in [7, 11) is 0. The first-order valence-electron chi connectivity index (χ1n) is 7.27. The van der Waals surface area contributed by atoms with Crippen LogP contribution in [-0.2, 0) is 11.2 Å². The van der Waals surface area contributed by atoms with Crippen molar-refractivity contribution in [3.63, 3.8) is 0 Å². The highest BCUT2D eigenvalue weighted by Gasteiger charge is 2.20. The van der Waals surface area contributed by atoms with Gasteiger partial charge in [0, 0.05) is 19.1 Å². The number of hydrogen-bond acceptors (Lipinski definition) is 5. The molecule has 0 saturated carbocycles. The number of hydrogen-bond donors (Lipinski definition) is 2. The largest absolute Gasteiger partial charge is 0.378 e. The maximum Gasteiger partial charge on any atom is 0.0954 e. The van der Waals surface area contributed by atoms with Crippen LogP contribution in [0.3, 0.4) is 0 Å². The zero-order valence-corrected chi connectivity index (χ0v) is 12.4. The molecule has 1 aromatic carbocycles. The highest BCUT2D eigenvalue weighted by Crippen LogP contribution is 2.24. The van der Waals surface area contributed by atoms with Crippen LogP contribution in [0.5, 0.6) is 0 Å². The van der Waals surface area contributed by atoms with Gasteiger partial charge in [0.2, 0.25) is 0 Å². The molecule has 0 spiro atoms. The van der Waals surface area contributed by atoms with Gasteiger partial charge in [-0.15, -0.1) is 11.3 Å². The number of para-hydroxylation sites is 1. The summed E-state index contributed by atoms with van der Waals surface area (Å²) >= 11 is 1.76. The van der Waals surface area contributed by atoms with Crippen LogP contribution >= 0.6 is 11.3 Å². The summed E-state index contributed by atoms with van der Waals surface area (Å²) in [6.07, 6.45) is 5.79. The Bertz CT molecular complexity index is 518.